The monoisotopic (exact) mass is 585 g/mol. The number of halogens is 1. The van der Waals surface area contributed by atoms with Crippen molar-refractivity contribution in [3.05, 3.63) is 101 Å². The van der Waals surface area contributed by atoms with E-state index in [9.17, 15) is 18.8 Å². The number of alkyl halides is 1. The zero-order valence-electron chi connectivity index (χ0n) is 22.4. The summed E-state index contributed by atoms with van der Waals surface area (Å²) in [6, 6.07) is 17.3. The van der Waals surface area contributed by atoms with Crippen molar-refractivity contribution in [1.82, 2.24) is 10.2 Å². The lowest BCUT2D eigenvalue weighted by atomic mass is 9.70. The third-order valence-electron chi connectivity index (χ3n) is 7.86. The summed E-state index contributed by atoms with van der Waals surface area (Å²) >= 11 is 1.07. The summed E-state index contributed by atoms with van der Waals surface area (Å²) < 4.78 is 21.2. The average molecular weight is 586 g/mol. The predicted octanol–water partition coefficient (Wildman–Crippen LogP) is 3.53. The van der Waals surface area contributed by atoms with Crippen LogP contribution < -0.4 is 27.3 Å². The van der Waals surface area contributed by atoms with Crippen LogP contribution in [0.25, 0.3) is 10.1 Å². The van der Waals surface area contributed by atoms with Crippen molar-refractivity contribution in [2.24, 2.45) is 11.5 Å². The van der Waals surface area contributed by atoms with Gasteiger partial charge in [0, 0.05) is 23.2 Å². The molecule has 11 heteroatoms. The number of nitrogens with two attached hydrogens (primary N) is 3. The molecule has 2 unspecified atom stereocenters. The van der Waals surface area contributed by atoms with Gasteiger partial charge < -0.3 is 32.2 Å². The number of ether oxygens (including phenoxy) is 1. The van der Waals surface area contributed by atoms with E-state index >= 15 is 0 Å². The molecule has 7 N–H and O–H groups in total. The number of para-hydroxylation sites is 1. The molecular formula is C31H28FN5O4S. The quantitative estimate of drug-likeness (QED) is 0.199. The zero-order valence-corrected chi connectivity index (χ0v) is 23.2. The van der Waals surface area contributed by atoms with Crippen molar-refractivity contribution >= 4 is 44.7 Å². The number of Topliss-reactive ketones (excluding diaryl/α,β-unsaturated/α-hetero) is 1. The number of nitrogens with one attached hydrogen (secondary N) is 1. The van der Waals surface area contributed by atoms with Crippen LogP contribution >= 0.6 is 11.3 Å². The second-order valence-electron chi connectivity index (χ2n) is 10.4. The van der Waals surface area contributed by atoms with Gasteiger partial charge in [0.05, 0.1) is 28.2 Å². The van der Waals surface area contributed by atoms with Crippen molar-refractivity contribution in [3.63, 3.8) is 0 Å². The largest absolute Gasteiger partial charge is 0.457 e. The van der Waals surface area contributed by atoms with E-state index in [1.54, 1.807) is 36.4 Å². The number of ketones is 1. The van der Waals surface area contributed by atoms with Gasteiger partial charge in [0.2, 0.25) is 5.91 Å². The summed E-state index contributed by atoms with van der Waals surface area (Å²) in [5, 5.41) is 3.22. The first-order chi connectivity index (χ1) is 20.1. The van der Waals surface area contributed by atoms with Crippen molar-refractivity contribution in [2.45, 2.75) is 23.8 Å². The lowest BCUT2D eigenvalue weighted by Gasteiger charge is -2.36. The van der Waals surface area contributed by atoms with Gasteiger partial charge in [-0.3, -0.25) is 14.4 Å². The van der Waals surface area contributed by atoms with Crippen molar-refractivity contribution in [1.29, 1.82) is 0 Å². The second kappa shape index (κ2) is 10.4. The van der Waals surface area contributed by atoms with E-state index < -0.39 is 41.4 Å². The fourth-order valence-corrected chi connectivity index (χ4v) is 6.90. The van der Waals surface area contributed by atoms with Crippen LogP contribution in [0.4, 0.5) is 10.1 Å². The first-order valence-electron chi connectivity index (χ1n) is 13.3. The molecule has 1 fully saturated rings. The molecule has 9 nitrogen and oxygen atoms in total. The van der Waals surface area contributed by atoms with E-state index in [1.165, 1.54) is 4.90 Å². The van der Waals surface area contributed by atoms with E-state index in [2.05, 4.69) is 11.9 Å². The molecule has 2 amide bonds. The van der Waals surface area contributed by atoms with E-state index in [0.29, 0.717) is 44.0 Å². The third-order valence-corrected chi connectivity index (χ3v) is 9.11. The highest BCUT2D eigenvalue weighted by atomic mass is 32.1. The normalized spacial score (nSPS) is 23.2. The first-order valence-corrected chi connectivity index (χ1v) is 14.1. The van der Waals surface area contributed by atoms with Crippen molar-refractivity contribution in [2.75, 3.05) is 18.8 Å². The van der Waals surface area contributed by atoms with Gasteiger partial charge in [-0.25, -0.2) is 4.39 Å². The third kappa shape index (κ3) is 4.33. The lowest BCUT2D eigenvalue weighted by molar-refractivity contribution is -0.125. The van der Waals surface area contributed by atoms with Crippen molar-refractivity contribution < 1.29 is 23.5 Å². The maximum Gasteiger partial charge on any atom is 0.262 e. The van der Waals surface area contributed by atoms with Crippen LogP contribution in [0.1, 0.15) is 32.4 Å². The van der Waals surface area contributed by atoms with Gasteiger partial charge in [0.1, 0.15) is 23.2 Å². The maximum absolute atomic E-state index is 14.8. The number of benzene rings is 3. The van der Waals surface area contributed by atoms with Crippen LogP contribution in [-0.4, -0.2) is 47.8 Å². The fourth-order valence-electron chi connectivity index (χ4n) is 5.70. The van der Waals surface area contributed by atoms with Gasteiger partial charge in [-0.2, -0.15) is 0 Å². The Labute approximate surface area is 244 Å². The van der Waals surface area contributed by atoms with E-state index in [1.807, 2.05) is 30.3 Å². The number of rotatable bonds is 6. The number of hydrogen-bond acceptors (Lipinski definition) is 8. The highest BCUT2D eigenvalue weighted by Crippen LogP contribution is 2.49. The zero-order chi connectivity index (χ0) is 29.8. The molecule has 0 radical (unpaired) electrons. The molecule has 0 bridgehead atoms. The number of likely N-dealkylation sites (tertiary alicyclic amines) is 1. The standard InChI is InChI=1S/C31H28FN5O4S/c1-2-23(38)37-14-20(32)22(15-37)36-30(40)28-25-24-19(12-13-21(33)27(24)42-28)31(35,29(39)26(25)34)16-8-10-18(11-9-16)41-17-6-4-3-5-7-17/h2-13,20,22,26H,1,14-15,33-35H2,(H,36,40)/t20-,22-,26?,31?/m0/s1. The molecule has 1 aliphatic carbocycles. The molecule has 0 saturated carbocycles. The minimum Gasteiger partial charge on any atom is -0.457 e. The summed E-state index contributed by atoms with van der Waals surface area (Å²) in [7, 11) is 0. The number of carbonyl (C=O) groups is 3. The smallest absolute Gasteiger partial charge is 0.262 e. The van der Waals surface area contributed by atoms with Gasteiger partial charge in [0.25, 0.3) is 5.91 Å². The molecule has 2 heterocycles. The fraction of sp³-hybridized carbons (Fsp3) is 0.194. The Morgan fingerprint density at radius 2 is 1.76 bits per heavy atom. The molecule has 1 aromatic heterocycles. The predicted molar refractivity (Wildman–Crippen MR) is 159 cm³/mol. The van der Waals surface area contributed by atoms with Gasteiger partial charge >= 0.3 is 0 Å². The molecule has 0 spiro atoms. The second-order valence-corrected chi connectivity index (χ2v) is 11.4. The Hall–Kier alpha value is -4.58. The molecule has 3 aromatic carbocycles. The number of carbonyl (C=O) groups excluding carboxylic acids is 3. The van der Waals surface area contributed by atoms with Crippen LogP contribution in [-0.2, 0) is 15.1 Å². The average Bonchev–Trinajstić information content (AvgIpc) is 3.58. The molecule has 214 valence electrons. The number of thiophene rings is 1. The molecule has 42 heavy (non-hydrogen) atoms. The Kier molecular flexibility index (Phi) is 6.80. The molecule has 1 saturated heterocycles. The number of hydrogen-bond donors (Lipinski definition) is 4. The highest BCUT2D eigenvalue weighted by molar-refractivity contribution is 7.21. The lowest BCUT2D eigenvalue weighted by Crippen LogP contribution is -2.52. The molecule has 1 aliphatic heterocycles. The first kappa shape index (κ1) is 27.6. The number of nitrogens with zero attached hydrogens (tertiary/aromatic N) is 1. The Bertz CT molecular complexity index is 1740. The van der Waals surface area contributed by atoms with Gasteiger partial charge in [0.15, 0.2) is 5.78 Å². The summed E-state index contributed by atoms with van der Waals surface area (Å²) in [4.78, 5) is 40.9. The molecule has 4 atom stereocenters. The number of amides is 2. The van der Waals surface area contributed by atoms with Gasteiger partial charge in [-0.1, -0.05) is 43.0 Å². The van der Waals surface area contributed by atoms with Gasteiger partial charge in [-0.05, 0) is 47.5 Å². The SMILES string of the molecule is C=CC(=O)N1C[C@H](NC(=O)c2sc3c(N)ccc4c3c2C(N)C(=O)C4(N)c2ccc(Oc3ccccc3)cc2)[C@@H](F)C1. The van der Waals surface area contributed by atoms with Crippen LogP contribution in [0.3, 0.4) is 0 Å². The van der Waals surface area contributed by atoms with Crippen LogP contribution in [0.5, 0.6) is 11.5 Å². The van der Waals surface area contributed by atoms with Gasteiger partial charge in [-0.15, -0.1) is 11.3 Å². The minimum absolute atomic E-state index is 0.00768. The molecule has 4 aromatic rings. The summed E-state index contributed by atoms with van der Waals surface area (Å²) in [5.74, 6) is -0.306. The number of nitrogen functional groups attached to an aromatic ring is 1. The van der Waals surface area contributed by atoms with Crippen LogP contribution in [0, 0.1) is 0 Å². The summed E-state index contributed by atoms with van der Waals surface area (Å²) in [5.41, 5.74) is 19.8. The Morgan fingerprint density at radius 1 is 1.07 bits per heavy atom. The maximum atomic E-state index is 14.8. The Morgan fingerprint density at radius 3 is 2.45 bits per heavy atom. The molecule has 6 rings (SSSR count). The van der Waals surface area contributed by atoms with Crippen molar-refractivity contribution in [3.8, 4) is 11.5 Å². The summed E-state index contributed by atoms with van der Waals surface area (Å²) in [6.45, 7) is 3.26. The van der Waals surface area contributed by atoms with E-state index in [0.717, 1.165) is 17.4 Å². The Balaban J connectivity index is 1.37. The van der Waals surface area contributed by atoms with Crippen LogP contribution in [0.2, 0.25) is 0 Å². The molecular weight excluding hydrogens is 557 g/mol. The minimum atomic E-state index is -1.63. The van der Waals surface area contributed by atoms with E-state index in [4.69, 9.17) is 21.9 Å². The van der Waals surface area contributed by atoms with E-state index in [-0.39, 0.29) is 18.0 Å². The van der Waals surface area contributed by atoms with Crippen LogP contribution in [0.15, 0.2) is 79.4 Å². The summed E-state index contributed by atoms with van der Waals surface area (Å²) in [6.07, 6.45) is -0.365. The highest BCUT2D eigenvalue weighted by Gasteiger charge is 2.49. The number of anilines is 1. The topological polar surface area (TPSA) is 154 Å². The molecule has 2 aliphatic rings.